The first-order chi connectivity index (χ1) is 14.9. The summed E-state index contributed by atoms with van der Waals surface area (Å²) in [6.07, 6.45) is 3.85. The minimum atomic E-state index is -0.158. The highest BCUT2D eigenvalue weighted by Gasteiger charge is 2.33. The fourth-order valence-corrected chi connectivity index (χ4v) is 7.21. The SMILES string of the molecule is CC[C@@]1(C)Cc2c(sc3nc(SC)n4c(SCc5c(Cl)cccc5Cl)nnc4c23)CO1. The van der Waals surface area contributed by atoms with E-state index in [2.05, 4.69) is 28.4 Å². The van der Waals surface area contributed by atoms with E-state index >= 15 is 0 Å². The van der Waals surface area contributed by atoms with Crippen molar-refractivity contribution in [2.24, 2.45) is 0 Å². The van der Waals surface area contributed by atoms with Crippen molar-refractivity contribution in [3.63, 3.8) is 0 Å². The van der Waals surface area contributed by atoms with Crippen LogP contribution in [0.3, 0.4) is 0 Å². The van der Waals surface area contributed by atoms with E-state index in [9.17, 15) is 0 Å². The maximum Gasteiger partial charge on any atom is 0.198 e. The van der Waals surface area contributed by atoms with Gasteiger partial charge in [-0.3, -0.25) is 0 Å². The van der Waals surface area contributed by atoms with Gasteiger partial charge in [-0.2, -0.15) is 0 Å². The third kappa shape index (κ3) is 3.75. The van der Waals surface area contributed by atoms with Gasteiger partial charge in [-0.25, -0.2) is 9.38 Å². The molecular formula is C21H20Cl2N4OS3. The molecule has 0 saturated carbocycles. The summed E-state index contributed by atoms with van der Waals surface area (Å²) >= 11 is 17.6. The number of halogens is 2. The monoisotopic (exact) mass is 510 g/mol. The average molecular weight is 512 g/mol. The van der Waals surface area contributed by atoms with Crippen LogP contribution in [0.2, 0.25) is 10.0 Å². The number of hydrogen-bond acceptors (Lipinski definition) is 7. The number of nitrogens with zero attached hydrogens (tertiary/aromatic N) is 4. The molecule has 0 fully saturated rings. The van der Waals surface area contributed by atoms with E-state index in [0.29, 0.717) is 22.4 Å². The fourth-order valence-electron chi connectivity index (χ4n) is 3.78. The highest BCUT2D eigenvalue weighted by molar-refractivity contribution is 7.99. The lowest BCUT2D eigenvalue weighted by molar-refractivity contribution is -0.0542. The molecule has 0 bridgehead atoms. The van der Waals surface area contributed by atoms with Crippen molar-refractivity contribution in [1.82, 2.24) is 19.6 Å². The third-order valence-corrected chi connectivity index (χ3v) is 9.16. The van der Waals surface area contributed by atoms with Crippen LogP contribution in [-0.4, -0.2) is 31.4 Å². The van der Waals surface area contributed by atoms with Gasteiger partial charge in [0.25, 0.3) is 0 Å². The first-order valence-corrected chi connectivity index (χ1v) is 13.7. The molecule has 4 heterocycles. The second kappa shape index (κ2) is 8.39. The van der Waals surface area contributed by atoms with Crippen LogP contribution >= 0.6 is 58.1 Å². The number of thioether (sulfide) groups is 2. The van der Waals surface area contributed by atoms with Crippen molar-refractivity contribution in [2.45, 2.75) is 55.0 Å². The average Bonchev–Trinajstić information content (AvgIpc) is 3.33. The Kier molecular flexibility index (Phi) is 5.90. The van der Waals surface area contributed by atoms with Crippen LogP contribution in [0.4, 0.5) is 0 Å². The normalized spacial score (nSPS) is 18.7. The summed E-state index contributed by atoms with van der Waals surface area (Å²) in [6, 6.07) is 5.56. The van der Waals surface area contributed by atoms with E-state index in [-0.39, 0.29) is 5.60 Å². The summed E-state index contributed by atoms with van der Waals surface area (Å²) < 4.78 is 8.22. The van der Waals surface area contributed by atoms with Gasteiger partial charge in [0.05, 0.1) is 17.6 Å². The van der Waals surface area contributed by atoms with Crippen LogP contribution in [0.1, 0.15) is 36.3 Å². The molecule has 3 aromatic heterocycles. The first-order valence-electron chi connectivity index (χ1n) is 9.87. The molecule has 31 heavy (non-hydrogen) atoms. The largest absolute Gasteiger partial charge is 0.369 e. The van der Waals surface area contributed by atoms with E-state index in [1.54, 1.807) is 34.9 Å². The smallest absolute Gasteiger partial charge is 0.198 e. The van der Waals surface area contributed by atoms with Crippen molar-refractivity contribution >= 4 is 73.9 Å². The molecule has 1 aliphatic rings. The fraction of sp³-hybridized carbons (Fsp3) is 0.381. The number of hydrogen-bond donors (Lipinski definition) is 0. The third-order valence-electron chi connectivity index (χ3n) is 5.76. The lowest BCUT2D eigenvalue weighted by atomic mass is 9.90. The molecule has 0 saturated heterocycles. The zero-order valence-electron chi connectivity index (χ0n) is 17.2. The predicted octanol–water partition coefficient (Wildman–Crippen LogP) is 6.90. The highest BCUT2D eigenvalue weighted by Crippen LogP contribution is 2.42. The Hall–Kier alpha value is -1.03. The van der Waals surface area contributed by atoms with E-state index in [1.165, 1.54) is 10.4 Å². The minimum Gasteiger partial charge on any atom is -0.369 e. The summed E-state index contributed by atoms with van der Waals surface area (Å²) in [5.74, 6) is 0.606. The molecule has 0 spiro atoms. The van der Waals surface area contributed by atoms with Crippen molar-refractivity contribution in [3.8, 4) is 0 Å². The maximum atomic E-state index is 6.36. The van der Waals surface area contributed by atoms with Gasteiger partial charge in [-0.05, 0) is 42.9 Å². The van der Waals surface area contributed by atoms with Crippen LogP contribution < -0.4 is 0 Å². The van der Waals surface area contributed by atoms with E-state index < -0.39 is 0 Å². The first kappa shape index (κ1) is 21.8. The summed E-state index contributed by atoms with van der Waals surface area (Å²) in [5, 5.41) is 13.2. The molecule has 0 unspecified atom stereocenters. The molecule has 1 atom stereocenters. The summed E-state index contributed by atoms with van der Waals surface area (Å²) in [4.78, 5) is 7.21. The van der Waals surface area contributed by atoms with E-state index in [1.807, 2.05) is 24.5 Å². The second-order valence-corrected chi connectivity index (χ2v) is 11.3. The van der Waals surface area contributed by atoms with Crippen LogP contribution in [0.15, 0.2) is 28.5 Å². The molecule has 10 heteroatoms. The second-order valence-electron chi connectivity index (χ2n) is 7.68. The van der Waals surface area contributed by atoms with Crippen LogP contribution in [0.5, 0.6) is 0 Å². The number of fused-ring (bicyclic) bond motifs is 5. The molecule has 4 aromatic rings. The Morgan fingerprint density at radius 2 is 2.00 bits per heavy atom. The molecule has 162 valence electrons. The standard InChI is InChI=1S/C21H20Cl2N4OS3/c1-4-21(2)8-11-15(9-28-21)31-18-16(11)17-25-26-20(27(17)19(24-18)29-3)30-10-12-13(22)6-5-7-14(12)23/h5-7H,4,8-10H2,1-3H3/t21-/m0/s1. The molecule has 0 radical (unpaired) electrons. The van der Waals surface area contributed by atoms with Gasteiger partial charge in [0.2, 0.25) is 0 Å². The molecule has 0 amide bonds. The number of ether oxygens (including phenoxy) is 1. The van der Waals surface area contributed by atoms with Gasteiger partial charge >= 0.3 is 0 Å². The van der Waals surface area contributed by atoms with Gasteiger partial charge in [0.1, 0.15) is 4.83 Å². The van der Waals surface area contributed by atoms with Crippen LogP contribution in [0.25, 0.3) is 15.9 Å². The van der Waals surface area contributed by atoms with Gasteiger partial charge in [-0.1, -0.05) is 59.7 Å². The highest BCUT2D eigenvalue weighted by atomic mass is 35.5. The Morgan fingerprint density at radius 3 is 2.71 bits per heavy atom. The molecule has 1 aromatic carbocycles. The molecular weight excluding hydrogens is 491 g/mol. The summed E-state index contributed by atoms with van der Waals surface area (Å²) in [6.45, 7) is 4.98. The lowest BCUT2D eigenvalue weighted by Crippen LogP contribution is -2.33. The number of rotatable bonds is 5. The van der Waals surface area contributed by atoms with Gasteiger partial charge in [0.15, 0.2) is 16.0 Å². The van der Waals surface area contributed by atoms with Crippen molar-refractivity contribution in [2.75, 3.05) is 6.26 Å². The van der Waals surface area contributed by atoms with Crippen LogP contribution in [0, 0.1) is 0 Å². The Labute approximate surface area is 202 Å². The van der Waals surface area contributed by atoms with E-state index in [4.69, 9.17) is 32.9 Å². The quantitative estimate of drug-likeness (QED) is 0.215. The van der Waals surface area contributed by atoms with Crippen LogP contribution in [-0.2, 0) is 23.5 Å². The Morgan fingerprint density at radius 1 is 1.23 bits per heavy atom. The Balaban J connectivity index is 1.62. The minimum absolute atomic E-state index is 0.158. The summed E-state index contributed by atoms with van der Waals surface area (Å²) in [5.41, 5.74) is 2.91. The van der Waals surface area contributed by atoms with Gasteiger partial charge < -0.3 is 4.74 Å². The maximum absolute atomic E-state index is 6.36. The number of thiophene rings is 1. The van der Waals surface area contributed by atoms with Crippen molar-refractivity contribution < 1.29 is 4.74 Å². The molecule has 0 aliphatic carbocycles. The lowest BCUT2D eigenvalue weighted by Gasteiger charge is -2.32. The number of aromatic nitrogens is 4. The van der Waals surface area contributed by atoms with Crippen molar-refractivity contribution in [1.29, 1.82) is 0 Å². The van der Waals surface area contributed by atoms with Crippen molar-refractivity contribution in [3.05, 3.63) is 44.2 Å². The number of benzene rings is 1. The topological polar surface area (TPSA) is 52.3 Å². The molecule has 5 rings (SSSR count). The van der Waals surface area contributed by atoms with Gasteiger partial charge in [0, 0.05) is 27.1 Å². The van der Waals surface area contributed by atoms with E-state index in [0.717, 1.165) is 44.6 Å². The molecule has 5 nitrogen and oxygen atoms in total. The molecule has 0 N–H and O–H groups in total. The molecule has 1 aliphatic heterocycles. The zero-order valence-corrected chi connectivity index (χ0v) is 21.2. The Bertz CT molecular complexity index is 1280. The zero-order chi connectivity index (χ0) is 21.8. The van der Waals surface area contributed by atoms with Gasteiger partial charge in [-0.15, -0.1) is 21.5 Å². The summed E-state index contributed by atoms with van der Waals surface area (Å²) in [7, 11) is 0. The predicted molar refractivity (Wildman–Crippen MR) is 131 cm³/mol.